The Bertz CT molecular complexity index is 610. The highest BCUT2D eigenvalue weighted by molar-refractivity contribution is 6.28. The molecule has 8 heteroatoms. The van der Waals surface area contributed by atoms with Crippen molar-refractivity contribution in [3.8, 4) is 0 Å². The van der Waals surface area contributed by atoms with Gasteiger partial charge in [0.05, 0.1) is 11.4 Å². The number of aromatic nitrogens is 2. The molecule has 3 N–H and O–H groups in total. The van der Waals surface area contributed by atoms with Crippen molar-refractivity contribution in [2.75, 3.05) is 30.7 Å². The maximum absolute atomic E-state index is 12.1. The number of piperidine rings is 1. The van der Waals surface area contributed by atoms with Crippen LogP contribution in [0.15, 0.2) is 0 Å². The Morgan fingerprint density at radius 1 is 1.36 bits per heavy atom. The molecule has 1 fully saturated rings. The van der Waals surface area contributed by atoms with Crippen LogP contribution >= 0.6 is 11.6 Å². The zero-order valence-electron chi connectivity index (χ0n) is 15.4. The van der Waals surface area contributed by atoms with Gasteiger partial charge in [-0.1, -0.05) is 0 Å². The molecular weight excluding hydrogens is 342 g/mol. The standard InChI is InChI=1S/C17H28ClN5O2/c1-11-13(19)14(22-15(18)21-11)20-8-5-12-6-9-23(10-7-12)16(24)25-17(2,3)4/h12H,5-10,19H2,1-4H3,(H,20,21,22). The van der Waals surface area contributed by atoms with Crippen LogP contribution in [-0.4, -0.2) is 46.2 Å². The minimum absolute atomic E-state index is 0.194. The number of carbonyl (C=O) groups excluding carboxylic acids is 1. The van der Waals surface area contributed by atoms with Crippen molar-refractivity contribution >= 4 is 29.2 Å². The topological polar surface area (TPSA) is 93.4 Å². The lowest BCUT2D eigenvalue weighted by Gasteiger charge is -2.33. The molecule has 0 aromatic carbocycles. The van der Waals surface area contributed by atoms with Gasteiger partial charge in [0, 0.05) is 19.6 Å². The lowest BCUT2D eigenvalue weighted by atomic mass is 9.94. The van der Waals surface area contributed by atoms with Gasteiger partial charge >= 0.3 is 6.09 Å². The van der Waals surface area contributed by atoms with Crippen LogP contribution in [0.3, 0.4) is 0 Å². The summed E-state index contributed by atoms with van der Waals surface area (Å²) in [4.78, 5) is 22.0. The molecule has 1 amide bonds. The molecule has 2 rings (SSSR count). The van der Waals surface area contributed by atoms with Crippen LogP contribution in [0.2, 0.25) is 5.28 Å². The number of likely N-dealkylation sites (tertiary alicyclic amines) is 1. The van der Waals surface area contributed by atoms with Crippen molar-refractivity contribution in [3.63, 3.8) is 0 Å². The van der Waals surface area contributed by atoms with Crippen molar-refractivity contribution < 1.29 is 9.53 Å². The number of nitrogen functional groups attached to an aromatic ring is 1. The second kappa shape index (κ2) is 8.08. The third-order valence-electron chi connectivity index (χ3n) is 4.22. The number of nitrogens with two attached hydrogens (primary N) is 1. The van der Waals surface area contributed by atoms with Gasteiger partial charge in [-0.25, -0.2) is 9.78 Å². The number of hydrogen-bond donors (Lipinski definition) is 2. The van der Waals surface area contributed by atoms with E-state index >= 15 is 0 Å². The van der Waals surface area contributed by atoms with Crippen LogP contribution in [0.1, 0.15) is 45.7 Å². The van der Waals surface area contributed by atoms with Gasteiger partial charge in [-0.2, -0.15) is 4.98 Å². The molecule has 0 aliphatic carbocycles. The number of nitrogens with zero attached hydrogens (tertiary/aromatic N) is 3. The Morgan fingerprint density at radius 3 is 2.60 bits per heavy atom. The first-order valence-corrected chi connectivity index (χ1v) is 9.05. The SMILES string of the molecule is Cc1nc(Cl)nc(NCCC2CCN(C(=O)OC(C)(C)C)CC2)c1N. The van der Waals surface area contributed by atoms with Gasteiger partial charge in [0.2, 0.25) is 5.28 Å². The molecule has 1 aliphatic heterocycles. The maximum atomic E-state index is 12.1. The fourth-order valence-electron chi connectivity index (χ4n) is 2.81. The molecular formula is C17H28ClN5O2. The fraction of sp³-hybridized carbons (Fsp3) is 0.706. The van der Waals surface area contributed by atoms with E-state index in [1.807, 2.05) is 20.8 Å². The largest absolute Gasteiger partial charge is 0.444 e. The van der Waals surface area contributed by atoms with Crippen molar-refractivity contribution in [3.05, 3.63) is 11.0 Å². The monoisotopic (exact) mass is 369 g/mol. The maximum Gasteiger partial charge on any atom is 0.410 e. The summed E-state index contributed by atoms with van der Waals surface area (Å²) in [5, 5.41) is 3.44. The highest BCUT2D eigenvalue weighted by Gasteiger charge is 2.26. The molecule has 1 aromatic rings. The zero-order valence-corrected chi connectivity index (χ0v) is 16.2. The van der Waals surface area contributed by atoms with E-state index < -0.39 is 5.60 Å². The van der Waals surface area contributed by atoms with Crippen molar-refractivity contribution in [2.24, 2.45) is 5.92 Å². The normalized spacial score (nSPS) is 16.0. The molecule has 0 atom stereocenters. The Hall–Kier alpha value is -1.76. The van der Waals surface area contributed by atoms with E-state index in [-0.39, 0.29) is 11.4 Å². The molecule has 7 nitrogen and oxygen atoms in total. The summed E-state index contributed by atoms with van der Waals surface area (Å²) in [7, 11) is 0. The third kappa shape index (κ3) is 5.92. The van der Waals surface area contributed by atoms with Gasteiger partial charge in [0.15, 0.2) is 5.82 Å². The van der Waals surface area contributed by atoms with Gasteiger partial charge in [0.1, 0.15) is 5.60 Å². The van der Waals surface area contributed by atoms with Crippen LogP contribution in [0.25, 0.3) is 0 Å². The summed E-state index contributed by atoms with van der Waals surface area (Å²) in [6.07, 6.45) is 2.71. The average molecular weight is 370 g/mol. The van der Waals surface area contributed by atoms with E-state index in [4.69, 9.17) is 22.1 Å². The lowest BCUT2D eigenvalue weighted by molar-refractivity contribution is 0.0182. The molecule has 0 bridgehead atoms. The molecule has 0 radical (unpaired) electrons. The second-order valence-electron chi connectivity index (χ2n) is 7.47. The first-order valence-electron chi connectivity index (χ1n) is 8.67. The van der Waals surface area contributed by atoms with Crippen molar-refractivity contribution in [1.29, 1.82) is 0 Å². The number of carbonyl (C=O) groups is 1. The Labute approximate surface area is 154 Å². The molecule has 2 heterocycles. The van der Waals surface area contributed by atoms with Crippen LogP contribution in [0, 0.1) is 12.8 Å². The van der Waals surface area contributed by atoms with E-state index in [1.165, 1.54) is 0 Å². The highest BCUT2D eigenvalue weighted by Crippen LogP contribution is 2.24. The minimum Gasteiger partial charge on any atom is -0.444 e. The second-order valence-corrected chi connectivity index (χ2v) is 7.80. The van der Waals surface area contributed by atoms with Crippen molar-refractivity contribution in [1.82, 2.24) is 14.9 Å². The number of aryl methyl sites for hydroxylation is 1. The molecule has 0 unspecified atom stereocenters. The number of ether oxygens (including phenoxy) is 1. The summed E-state index contributed by atoms with van der Waals surface area (Å²) in [6, 6.07) is 0. The van der Waals surface area contributed by atoms with Gasteiger partial charge in [-0.3, -0.25) is 0 Å². The van der Waals surface area contributed by atoms with Gasteiger partial charge in [-0.15, -0.1) is 0 Å². The third-order valence-corrected chi connectivity index (χ3v) is 4.39. The molecule has 1 saturated heterocycles. The molecule has 140 valence electrons. The van der Waals surface area contributed by atoms with Gasteiger partial charge < -0.3 is 20.7 Å². The Kier molecular flexibility index (Phi) is 6.32. The quantitative estimate of drug-likeness (QED) is 0.789. The Balaban J connectivity index is 1.75. The smallest absolute Gasteiger partial charge is 0.410 e. The van der Waals surface area contributed by atoms with Crippen LogP contribution < -0.4 is 11.1 Å². The number of amides is 1. The number of halogens is 1. The number of anilines is 2. The summed E-state index contributed by atoms with van der Waals surface area (Å²) >= 11 is 5.87. The van der Waals surface area contributed by atoms with E-state index in [0.717, 1.165) is 38.9 Å². The molecule has 1 aromatic heterocycles. The summed E-state index contributed by atoms with van der Waals surface area (Å²) in [5.74, 6) is 1.15. The molecule has 0 saturated carbocycles. The molecule has 1 aliphatic rings. The van der Waals surface area contributed by atoms with Crippen LogP contribution in [-0.2, 0) is 4.74 Å². The van der Waals surface area contributed by atoms with Gasteiger partial charge in [-0.05, 0) is 64.5 Å². The fourth-order valence-corrected chi connectivity index (χ4v) is 3.02. The summed E-state index contributed by atoms with van der Waals surface area (Å²) < 4.78 is 5.42. The first-order chi connectivity index (χ1) is 11.7. The number of hydrogen-bond acceptors (Lipinski definition) is 6. The number of nitrogens with one attached hydrogen (secondary N) is 1. The minimum atomic E-state index is -0.450. The van der Waals surface area contributed by atoms with Gasteiger partial charge in [0.25, 0.3) is 0 Å². The van der Waals surface area contributed by atoms with Crippen molar-refractivity contribution in [2.45, 2.75) is 52.6 Å². The average Bonchev–Trinajstić information content (AvgIpc) is 2.51. The zero-order chi connectivity index (χ0) is 18.6. The predicted molar refractivity (Wildman–Crippen MR) is 99.8 cm³/mol. The summed E-state index contributed by atoms with van der Waals surface area (Å²) in [5.41, 5.74) is 6.72. The van der Waals surface area contributed by atoms with E-state index in [1.54, 1.807) is 11.8 Å². The Morgan fingerprint density at radius 2 is 2.00 bits per heavy atom. The predicted octanol–water partition coefficient (Wildman–Crippen LogP) is 3.47. The lowest BCUT2D eigenvalue weighted by Crippen LogP contribution is -2.41. The van der Waals surface area contributed by atoms with Crippen LogP contribution in [0.4, 0.5) is 16.3 Å². The van der Waals surface area contributed by atoms with Crippen LogP contribution in [0.5, 0.6) is 0 Å². The highest BCUT2D eigenvalue weighted by atomic mass is 35.5. The van der Waals surface area contributed by atoms with E-state index in [0.29, 0.717) is 23.1 Å². The van der Waals surface area contributed by atoms with E-state index in [2.05, 4.69) is 15.3 Å². The first kappa shape index (κ1) is 19.6. The molecule has 25 heavy (non-hydrogen) atoms. The number of rotatable bonds is 4. The summed E-state index contributed by atoms with van der Waals surface area (Å²) in [6.45, 7) is 9.69. The molecule has 0 spiro atoms. The van der Waals surface area contributed by atoms with E-state index in [9.17, 15) is 4.79 Å².